The predicted molar refractivity (Wildman–Crippen MR) is 95.4 cm³/mol. The van der Waals surface area contributed by atoms with Gasteiger partial charge in [-0.15, -0.1) is 11.8 Å². The minimum atomic E-state index is -0.589. The second-order valence-electron chi connectivity index (χ2n) is 5.56. The zero-order valence-electron chi connectivity index (χ0n) is 13.4. The molecule has 1 aliphatic rings. The molecule has 1 heterocycles. The van der Waals surface area contributed by atoms with Gasteiger partial charge < -0.3 is 9.64 Å². The van der Waals surface area contributed by atoms with Crippen LogP contribution in [-0.4, -0.2) is 24.3 Å². The van der Waals surface area contributed by atoms with E-state index < -0.39 is 6.10 Å². The van der Waals surface area contributed by atoms with Gasteiger partial charge in [0.15, 0.2) is 6.10 Å². The standard InChI is InChI=1S/C19H18N2O2S/c1-14(23-16-9-7-15(13-20)8-10-16)19(22)21-11-4-12-24-18-6-3-2-5-17(18)21/h2-3,5-10,14H,4,11-12H2,1H3. The van der Waals surface area contributed by atoms with Gasteiger partial charge in [-0.3, -0.25) is 4.79 Å². The number of para-hydroxylation sites is 1. The molecule has 1 aliphatic heterocycles. The maximum atomic E-state index is 12.9. The smallest absolute Gasteiger partial charge is 0.267 e. The maximum Gasteiger partial charge on any atom is 0.267 e. The summed E-state index contributed by atoms with van der Waals surface area (Å²) in [5.74, 6) is 1.55. The van der Waals surface area contributed by atoms with Crippen molar-refractivity contribution in [2.45, 2.75) is 24.3 Å². The molecule has 122 valence electrons. The first-order valence-corrected chi connectivity index (χ1v) is 8.87. The van der Waals surface area contributed by atoms with Crippen LogP contribution < -0.4 is 9.64 Å². The molecule has 4 nitrogen and oxygen atoms in total. The summed E-state index contributed by atoms with van der Waals surface area (Å²) in [5, 5.41) is 8.83. The van der Waals surface area contributed by atoms with Crippen molar-refractivity contribution in [3.63, 3.8) is 0 Å². The van der Waals surface area contributed by atoms with Crippen molar-refractivity contribution in [1.82, 2.24) is 0 Å². The molecule has 0 aliphatic carbocycles. The van der Waals surface area contributed by atoms with E-state index in [0.717, 1.165) is 22.8 Å². The molecule has 24 heavy (non-hydrogen) atoms. The predicted octanol–water partition coefficient (Wildman–Crippen LogP) is 3.85. The number of benzene rings is 2. The number of fused-ring (bicyclic) bond motifs is 1. The summed E-state index contributed by atoms with van der Waals surface area (Å²) in [6.07, 6.45) is 0.364. The lowest BCUT2D eigenvalue weighted by Crippen LogP contribution is -2.41. The summed E-state index contributed by atoms with van der Waals surface area (Å²) in [4.78, 5) is 15.8. The average Bonchev–Trinajstić information content (AvgIpc) is 2.84. The Bertz CT molecular complexity index is 768. The second-order valence-corrected chi connectivity index (χ2v) is 6.69. The van der Waals surface area contributed by atoms with E-state index in [0.29, 0.717) is 17.9 Å². The molecule has 0 saturated carbocycles. The molecule has 0 aromatic heterocycles. The summed E-state index contributed by atoms with van der Waals surface area (Å²) in [6, 6.07) is 16.9. The number of carbonyl (C=O) groups excluding carboxylic acids is 1. The Balaban J connectivity index is 1.76. The fourth-order valence-electron chi connectivity index (χ4n) is 2.64. The number of anilines is 1. The summed E-state index contributed by atoms with van der Waals surface area (Å²) in [7, 11) is 0. The van der Waals surface area contributed by atoms with Crippen molar-refractivity contribution in [3.05, 3.63) is 54.1 Å². The number of hydrogen-bond donors (Lipinski definition) is 0. The number of ether oxygens (including phenoxy) is 1. The van der Waals surface area contributed by atoms with Crippen LogP contribution in [0.1, 0.15) is 18.9 Å². The maximum absolute atomic E-state index is 12.9. The Morgan fingerprint density at radius 3 is 2.75 bits per heavy atom. The van der Waals surface area contributed by atoms with Gasteiger partial charge in [0.05, 0.1) is 17.3 Å². The Morgan fingerprint density at radius 1 is 1.25 bits per heavy atom. The minimum absolute atomic E-state index is 0.0469. The van der Waals surface area contributed by atoms with Crippen molar-refractivity contribution in [2.24, 2.45) is 0 Å². The fraction of sp³-hybridized carbons (Fsp3) is 0.263. The molecule has 0 fully saturated rings. The van der Waals surface area contributed by atoms with Gasteiger partial charge in [0.1, 0.15) is 5.75 Å². The normalized spacial score (nSPS) is 14.9. The van der Waals surface area contributed by atoms with Crippen molar-refractivity contribution in [3.8, 4) is 11.8 Å². The number of thioether (sulfide) groups is 1. The SMILES string of the molecule is CC(Oc1ccc(C#N)cc1)C(=O)N1CCCSc2ccccc21. The van der Waals surface area contributed by atoms with Crippen LogP contribution in [0, 0.1) is 11.3 Å². The van der Waals surface area contributed by atoms with Crippen molar-refractivity contribution in [1.29, 1.82) is 5.26 Å². The molecule has 3 rings (SSSR count). The highest BCUT2D eigenvalue weighted by atomic mass is 32.2. The van der Waals surface area contributed by atoms with Crippen molar-refractivity contribution < 1.29 is 9.53 Å². The topological polar surface area (TPSA) is 53.3 Å². The molecule has 1 amide bonds. The highest BCUT2D eigenvalue weighted by Crippen LogP contribution is 2.34. The molecule has 5 heteroatoms. The van der Waals surface area contributed by atoms with E-state index in [1.807, 2.05) is 23.1 Å². The third-order valence-electron chi connectivity index (χ3n) is 3.85. The van der Waals surface area contributed by atoms with Gasteiger partial charge in [-0.2, -0.15) is 5.26 Å². The number of rotatable bonds is 3. The van der Waals surface area contributed by atoms with Crippen LogP contribution in [0.4, 0.5) is 5.69 Å². The lowest BCUT2D eigenvalue weighted by molar-refractivity contribution is -0.124. The van der Waals surface area contributed by atoms with E-state index >= 15 is 0 Å². The minimum Gasteiger partial charge on any atom is -0.481 e. The Morgan fingerprint density at radius 2 is 2.00 bits per heavy atom. The number of hydrogen-bond acceptors (Lipinski definition) is 4. The molecular formula is C19H18N2O2S. The molecule has 0 saturated heterocycles. The zero-order valence-corrected chi connectivity index (χ0v) is 14.3. The highest BCUT2D eigenvalue weighted by Gasteiger charge is 2.26. The molecule has 2 aromatic carbocycles. The quantitative estimate of drug-likeness (QED) is 0.853. The van der Waals surface area contributed by atoms with Crippen LogP contribution in [0.25, 0.3) is 0 Å². The number of nitriles is 1. The van der Waals surface area contributed by atoms with Gasteiger partial charge in [-0.05, 0) is 55.5 Å². The summed E-state index contributed by atoms with van der Waals surface area (Å²) in [6.45, 7) is 2.46. The van der Waals surface area contributed by atoms with E-state index in [2.05, 4.69) is 12.1 Å². The summed E-state index contributed by atoms with van der Waals surface area (Å²) >= 11 is 1.79. The van der Waals surface area contributed by atoms with Gasteiger partial charge >= 0.3 is 0 Å². The highest BCUT2D eigenvalue weighted by molar-refractivity contribution is 7.99. The van der Waals surface area contributed by atoms with Gasteiger partial charge in [0.25, 0.3) is 5.91 Å². The van der Waals surface area contributed by atoms with Gasteiger partial charge in [-0.25, -0.2) is 0 Å². The first-order chi connectivity index (χ1) is 11.7. The van der Waals surface area contributed by atoms with E-state index in [4.69, 9.17) is 10.00 Å². The van der Waals surface area contributed by atoms with E-state index in [1.165, 1.54) is 0 Å². The number of carbonyl (C=O) groups is 1. The first kappa shape index (κ1) is 16.4. The number of nitrogens with zero attached hydrogens (tertiary/aromatic N) is 2. The monoisotopic (exact) mass is 338 g/mol. The third-order valence-corrected chi connectivity index (χ3v) is 5.00. The third kappa shape index (κ3) is 3.55. The lowest BCUT2D eigenvalue weighted by atomic mass is 10.2. The summed E-state index contributed by atoms with van der Waals surface area (Å²) < 4.78 is 5.78. The molecule has 2 aromatic rings. The Labute approximate surface area is 146 Å². The van der Waals surface area contributed by atoms with Gasteiger partial charge in [0.2, 0.25) is 0 Å². The van der Waals surface area contributed by atoms with Crippen LogP contribution >= 0.6 is 11.8 Å². The molecule has 0 bridgehead atoms. The zero-order chi connectivity index (χ0) is 16.9. The Hall–Kier alpha value is -2.45. The average molecular weight is 338 g/mol. The molecule has 0 radical (unpaired) electrons. The second kappa shape index (κ2) is 7.41. The van der Waals surface area contributed by atoms with Crippen LogP contribution in [0.2, 0.25) is 0 Å². The van der Waals surface area contributed by atoms with Crippen molar-refractivity contribution in [2.75, 3.05) is 17.2 Å². The molecular weight excluding hydrogens is 320 g/mol. The van der Waals surface area contributed by atoms with Crippen molar-refractivity contribution >= 4 is 23.4 Å². The van der Waals surface area contributed by atoms with Crippen LogP contribution in [0.3, 0.4) is 0 Å². The van der Waals surface area contributed by atoms with Crippen LogP contribution in [0.5, 0.6) is 5.75 Å². The molecule has 1 atom stereocenters. The fourth-order valence-corrected chi connectivity index (χ4v) is 3.63. The van der Waals surface area contributed by atoms with Gasteiger partial charge in [-0.1, -0.05) is 12.1 Å². The van der Waals surface area contributed by atoms with Gasteiger partial charge in [0, 0.05) is 11.4 Å². The summed E-state index contributed by atoms with van der Waals surface area (Å²) in [5.41, 5.74) is 1.53. The van der Waals surface area contributed by atoms with E-state index in [1.54, 1.807) is 43.0 Å². The van der Waals surface area contributed by atoms with Crippen LogP contribution in [-0.2, 0) is 4.79 Å². The molecule has 0 spiro atoms. The van der Waals surface area contributed by atoms with Crippen LogP contribution in [0.15, 0.2) is 53.4 Å². The largest absolute Gasteiger partial charge is 0.481 e. The molecule has 0 N–H and O–H groups in total. The first-order valence-electron chi connectivity index (χ1n) is 7.89. The lowest BCUT2D eigenvalue weighted by Gasteiger charge is -2.26. The van der Waals surface area contributed by atoms with E-state index in [-0.39, 0.29) is 5.91 Å². The molecule has 1 unspecified atom stereocenters. The Kier molecular flexibility index (Phi) is 5.07. The number of amides is 1. The van der Waals surface area contributed by atoms with E-state index in [9.17, 15) is 4.79 Å².